The lowest BCUT2D eigenvalue weighted by molar-refractivity contribution is -0.138. The molecule has 1 fully saturated rings. The van der Waals surface area contributed by atoms with Crippen LogP contribution in [0.2, 0.25) is 0 Å². The predicted molar refractivity (Wildman–Crippen MR) is 109 cm³/mol. The summed E-state index contributed by atoms with van der Waals surface area (Å²) in [5.74, 6) is -0.870. The Kier molecular flexibility index (Phi) is 6.22. The average Bonchev–Trinajstić information content (AvgIpc) is 3.28. The van der Waals surface area contributed by atoms with E-state index in [1.165, 1.54) is 35.6 Å². The molecule has 0 radical (unpaired) electrons. The smallest absolute Gasteiger partial charge is 0.338 e. The van der Waals surface area contributed by atoms with Crippen LogP contribution in [0.1, 0.15) is 30.1 Å². The lowest BCUT2D eigenvalue weighted by atomic mass is 10.2. The fourth-order valence-corrected chi connectivity index (χ4v) is 4.37. The van der Waals surface area contributed by atoms with Gasteiger partial charge in [0.15, 0.2) is 6.10 Å². The first kappa shape index (κ1) is 20.9. The van der Waals surface area contributed by atoms with Crippen molar-refractivity contribution in [1.82, 2.24) is 4.90 Å². The monoisotopic (exact) mass is 416 g/mol. The van der Waals surface area contributed by atoms with Gasteiger partial charge in [-0.25, -0.2) is 13.2 Å². The fraction of sp³-hybridized carbons (Fsp3) is 0.333. The van der Waals surface area contributed by atoms with E-state index >= 15 is 0 Å². The zero-order chi connectivity index (χ0) is 21.0. The molecule has 1 aliphatic rings. The maximum absolute atomic E-state index is 12.8. The van der Waals surface area contributed by atoms with Crippen molar-refractivity contribution in [3.63, 3.8) is 0 Å². The third-order valence-electron chi connectivity index (χ3n) is 4.92. The van der Waals surface area contributed by atoms with E-state index in [2.05, 4.69) is 0 Å². The fourth-order valence-electron chi connectivity index (χ4n) is 3.17. The number of anilines is 1. The van der Waals surface area contributed by atoms with Gasteiger partial charge in [-0.15, -0.1) is 0 Å². The molecule has 1 saturated heterocycles. The highest BCUT2D eigenvalue weighted by Gasteiger charge is 2.27. The van der Waals surface area contributed by atoms with Crippen molar-refractivity contribution in [1.29, 1.82) is 0 Å². The van der Waals surface area contributed by atoms with Crippen molar-refractivity contribution in [2.24, 2.45) is 0 Å². The van der Waals surface area contributed by atoms with Crippen LogP contribution in [0.5, 0.6) is 0 Å². The zero-order valence-electron chi connectivity index (χ0n) is 16.4. The number of sulfonamides is 1. The molecule has 1 heterocycles. The highest BCUT2D eigenvalue weighted by atomic mass is 32.2. The van der Waals surface area contributed by atoms with Crippen LogP contribution < -0.4 is 4.31 Å². The first-order valence-electron chi connectivity index (χ1n) is 9.44. The second-order valence-electron chi connectivity index (χ2n) is 6.91. The molecule has 1 atom stereocenters. The van der Waals surface area contributed by atoms with Gasteiger partial charge in [-0.05, 0) is 56.2 Å². The highest BCUT2D eigenvalue weighted by Crippen LogP contribution is 2.22. The van der Waals surface area contributed by atoms with Crippen LogP contribution in [0.3, 0.4) is 0 Å². The van der Waals surface area contributed by atoms with Crippen LogP contribution in [-0.2, 0) is 19.6 Å². The van der Waals surface area contributed by atoms with Gasteiger partial charge in [0.1, 0.15) is 0 Å². The molecule has 0 spiro atoms. The Morgan fingerprint density at radius 3 is 2.17 bits per heavy atom. The number of carbonyl (C=O) groups is 2. The molecule has 0 saturated carbocycles. The van der Waals surface area contributed by atoms with Gasteiger partial charge in [0.05, 0.1) is 16.1 Å². The molecule has 7 nitrogen and oxygen atoms in total. The van der Waals surface area contributed by atoms with Gasteiger partial charge in [-0.3, -0.25) is 9.10 Å². The molecule has 2 aromatic rings. The summed E-state index contributed by atoms with van der Waals surface area (Å²) in [5, 5.41) is 0. The topological polar surface area (TPSA) is 84.0 Å². The molecule has 154 valence electrons. The third kappa shape index (κ3) is 4.59. The second-order valence-corrected chi connectivity index (χ2v) is 8.88. The van der Waals surface area contributed by atoms with Gasteiger partial charge < -0.3 is 9.64 Å². The molecular formula is C21H24N2O5S. The molecule has 8 heteroatoms. The Balaban J connectivity index is 1.69. The van der Waals surface area contributed by atoms with Gasteiger partial charge in [0, 0.05) is 20.1 Å². The molecule has 29 heavy (non-hydrogen) atoms. The molecule has 0 bridgehead atoms. The Labute approximate surface area is 170 Å². The minimum atomic E-state index is -3.76. The SMILES string of the molecule is C[C@@H](OC(=O)c1ccc(S(=O)(=O)N(C)c2ccccc2)cc1)C(=O)N1CCCC1. The quantitative estimate of drug-likeness (QED) is 0.676. The number of ether oxygens (including phenoxy) is 1. The molecule has 0 unspecified atom stereocenters. The number of carbonyl (C=O) groups excluding carboxylic acids is 2. The van der Waals surface area contributed by atoms with E-state index in [9.17, 15) is 18.0 Å². The molecule has 0 N–H and O–H groups in total. The summed E-state index contributed by atoms with van der Waals surface area (Å²) in [6.07, 6.45) is 1.03. The Hall–Kier alpha value is -2.87. The zero-order valence-corrected chi connectivity index (χ0v) is 17.3. The first-order valence-corrected chi connectivity index (χ1v) is 10.9. The number of hydrogen-bond acceptors (Lipinski definition) is 5. The number of nitrogens with zero attached hydrogens (tertiary/aromatic N) is 2. The van der Waals surface area contributed by atoms with Crippen LogP contribution >= 0.6 is 0 Å². The Bertz CT molecular complexity index is 968. The minimum absolute atomic E-state index is 0.0570. The summed E-state index contributed by atoms with van der Waals surface area (Å²) in [4.78, 5) is 26.4. The average molecular weight is 416 g/mol. The number of amides is 1. The Morgan fingerprint density at radius 2 is 1.59 bits per heavy atom. The normalized spacial score (nSPS) is 15.0. The number of hydrogen-bond donors (Lipinski definition) is 0. The van der Waals surface area contributed by atoms with E-state index < -0.39 is 22.1 Å². The molecule has 0 aromatic heterocycles. The lowest BCUT2D eigenvalue weighted by Crippen LogP contribution is -2.38. The van der Waals surface area contributed by atoms with E-state index in [1.54, 1.807) is 42.2 Å². The number of rotatable bonds is 6. The van der Waals surface area contributed by atoms with Crippen molar-refractivity contribution in [3.05, 3.63) is 60.2 Å². The molecule has 3 rings (SSSR count). The summed E-state index contributed by atoms with van der Waals surface area (Å²) in [6.45, 7) is 2.91. The highest BCUT2D eigenvalue weighted by molar-refractivity contribution is 7.92. The van der Waals surface area contributed by atoms with Crippen LogP contribution in [-0.4, -0.2) is 51.4 Å². The predicted octanol–water partition coefficient (Wildman–Crippen LogP) is 2.68. The summed E-state index contributed by atoms with van der Waals surface area (Å²) in [7, 11) is -2.29. The van der Waals surface area contributed by atoms with Crippen LogP contribution in [0.15, 0.2) is 59.5 Å². The molecule has 0 aliphatic carbocycles. The number of likely N-dealkylation sites (tertiary alicyclic amines) is 1. The molecule has 1 aliphatic heterocycles. The van der Waals surface area contributed by atoms with Crippen LogP contribution in [0.25, 0.3) is 0 Å². The van der Waals surface area contributed by atoms with E-state index in [0.29, 0.717) is 18.8 Å². The maximum Gasteiger partial charge on any atom is 0.338 e. The van der Waals surface area contributed by atoms with Crippen LogP contribution in [0, 0.1) is 0 Å². The summed E-state index contributed by atoms with van der Waals surface area (Å²) in [5.41, 5.74) is 0.720. The van der Waals surface area contributed by atoms with Gasteiger partial charge in [-0.2, -0.15) is 0 Å². The van der Waals surface area contributed by atoms with Crippen molar-refractivity contribution in [2.75, 3.05) is 24.4 Å². The summed E-state index contributed by atoms with van der Waals surface area (Å²) < 4.78 is 32.0. The number of para-hydroxylation sites is 1. The largest absolute Gasteiger partial charge is 0.449 e. The minimum Gasteiger partial charge on any atom is -0.449 e. The van der Waals surface area contributed by atoms with E-state index in [1.807, 2.05) is 0 Å². The van der Waals surface area contributed by atoms with E-state index in [-0.39, 0.29) is 16.4 Å². The second kappa shape index (κ2) is 8.65. The van der Waals surface area contributed by atoms with Crippen molar-refractivity contribution in [2.45, 2.75) is 30.8 Å². The molecule has 1 amide bonds. The maximum atomic E-state index is 12.8. The van der Waals surface area contributed by atoms with E-state index in [0.717, 1.165) is 12.8 Å². The van der Waals surface area contributed by atoms with Gasteiger partial charge in [-0.1, -0.05) is 18.2 Å². The van der Waals surface area contributed by atoms with Crippen LogP contribution in [0.4, 0.5) is 5.69 Å². The standard InChI is InChI=1S/C21H24N2O5S/c1-16(20(24)23-14-6-7-15-23)28-21(25)17-10-12-19(13-11-17)29(26,27)22(2)18-8-4-3-5-9-18/h3-5,8-13,16H,6-7,14-15H2,1-2H3/t16-/m1/s1. The van der Waals surface area contributed by atoms with Crippen molar-refractivity contribution >= 4 is 27.6 Å². The number of esters is 1. The summed E-state index contributed by atoms with van der Waals surface area (Å²) >= 11 is 0. The lowest BCUT2D eigenvalue weighted by Gasteiger charge is -2.21. The van der Waals surface area contributed by atoms with Gasteiger partial charge in [0.25, 0.3) is 15.9 Å². The third-order valence-corrected chi connectivity index (χ3v) is 6.72. The summed E-state index contributed by atoms with van der Waals surface area (Å²) in [6, 6.07) is 14.2. The van der Waals surface area contributed by atoms with Crippen molar-refractivity contribution in [3.8, 4) is 0 Å². The van der Waals surface area contributed by atoms with Gasteiger partial charge >= 0.3 is 5.97 Å². The Morgan fingerprint density at radius 1 is 1.00 bits per heavy atom. The molecular weight excluding hydrogens is 392 g/mol. The van der Waals surface area contributed by atoms with Crippen molar-refractivity contribution < 1.29 is 22.7 Å². The first-order chi connectivity index (χ1) is 13.8. The van der Waals surface area contributed by atoms with Gasteiger partial charge in [0.2, 0.25) is 0 Å². The number of benzene rings is 2. The van der Waals surface area contributed by atoms with E-state index in [4.69, 9.17) is 4.74 Å². The molecule has 2 aromatic carbocycles.